The molecule has 7 heteroatoms. The van der Waals surface area contributed by atoms with Crippen molar-refractivity contribution in [2.75, 3.05) is 16.8 Å². The smallest absolute Gasteiger partial charge is 0.231 e. The van der Waals surface area contributed by atoms with Gasteiger partial charge in [0.1, 0.15) is 5.76 Å². The van der Waals surface area contributed by atoms with Crippen LogP contribution in [0.2, 0.25) is 5.02 Å². The van der Waals surface area contributed by atoms with Crippen LogP contribution in [0, 0.1) is 26.7 Å². The normalized spacial score (nSPS) is 17.4. The van der Waals surface area contributed by atoms with Gasteiger partial charge in [-0.25, -0.2) is 0 Å². The van der Waals surface area contributed by atoms with Gasteiger partial charge < -0.3 is 14.7 Å². The molecule has 1 aliphatic heterocycles. The number of aryl methyl sites for hydroxylation is 3. The third kappa shape index (κ3) is 3.14. The Morgan fingerprint density at radius 1 is 1.33 bits per heavy atom. The van der Waals surface area contributed by atoms with Crippen molar-refractivity contribution in [1.29, 1.82) is 0 Å². The summed E-state index contributed by atoms with van der Waals surface area (Å²) in [6.07, 6.45) is 0.145. The standard InChI is InChI=1S/C17H18ClN3O3/c1-9-4-10(2)16(13(18)5-9)21-8-12(7-15(21)22)17(23)19-14-6-11(3)24-20-14/h4-6,12H,7-8H2,1-3H3,(H,19,20,23). The maximum atomic E-state index is 12.4. The van der Waals surface area contributed by atoms with E-state index in [1.807, 2.05) is 26.0 Å². The number of hydrogen-bond donors (Lipinski definition) is 1. The summed E-state index contributed by atoms with van der Waals surface area (Å²) in [5, 5.41) is 6.94. The fourth-order valence-electron chi connectivity index (χ4n) is 3.00. The minimum Gasteiger partial charge on any atom is -0.360 e. The third-order valence-electron chi connectivity index (χ3n) is 4.04. The van der Waals surface area contributed by atoms with Gasteiger partial charge in [-0.15, -0.1) is 0 Å². The molecule has 0 aliphatic carbocycles. The Morgan fingerprint density at radius 3 is 2.71 bits per heavy atom. The van der Waals surface area contributed by atoms with Crippen LogP contribution in [-0.4, -0.2) is 23.5 Å². The van der Waals surface area contributed by atoms with Crippen molar-refractivity contribution < 1.29 is 14.1 Å². The van der Waals surface area contributed by atoms with E-state index in [1.54, 1.807) is 17.9 Å². The van der Waals surface area contributed by atoms with E-state index < -0.39 is 5.92 Å². The number of amides is 2. The van der Waals surface area contributed by atoms with Gasteiger partial charge in [-0.3, -0.25) is 9.59 Å². The molecule has 1 fully saturated rings. The highest BCUT2D eigenvalue weighted by atomic mass is 35.5. The zero-order valence-corrected chi connectivity index (χ0v) is 14.5. The van der Waals surface area contributed by atoms with Crippen LogP contribution in [0.15, 0.2) is 22.7 Å². The van der Waals surface area contributed by atoms with Crippen LogP contribution in [0.5, 0.6) is 0 Å². The maximum Gasteiger partial charge on any atom is 0.231 e. The Labute approximate surface area is 144 Å². The molecule has 0 radical (unpaired) electrons. The molecule has 2 aromatic rings. The number of halogens is 1. The van der Waals surface area contributed by atoms with E-state index in [4.69, 9.17) is 16.1 Å². The molecule has 1 aromatic heterocycles. The van der Waals surface area contributed by atoms with Gasteiger partial charge in [-0.2, -0.15) is 0 Å². The summed E-state index contributed by atoms with van der Waals surface area (Å²) in [5.41, 5.74) is 2.63. The lowest BCUT2D eigenvalue weighted by atomic mass is 10.1. The second-order valence-corrected chi connectivity index (χ2v) is 6.54. The molecule has 24 heavy (non-hydrogen) atoms. The maximum absolute atomic E-state index is 12.4. The van der Waals surface area contributed by atoms with E-state index >= 15 is 0 Å². The molecule has 2 amide bonds. The van der Waals surface area contributed by atoms with Crippen LogP contribution in [-0.2, 0) is 9.59 Å². The van der Waals surface area contributed by atoms with E-state index in [0.717, 1.165) is 11.1 Å². The van der Waals surface area contributed by atoms with Crippen LogP contribution >= 0.6 is 11.6 Å². The van der Waals surface area contributed by atoms with E-state index in [-0.39, 0.29) is 18.2 Å². The Balaban J connectivity index is 1.77. The van der Waals surface area contributed by atoms with Crippen LogP contribution in [0.4, 0.5) is 11.5 Å². The number of carbonyl (C=O) groups is 2. The second kappa shape index (κ2) is 6.28. The van der Waals surface area contributed by atoms with E-state index in [9.17, 15) is 9.59 Å². The molecule has 0 spiro atoms. The first-order valence-electron chi connectivity index (χ1n) is 7.66. The molecule has 1 unspecified atom stereocenters. The Bertz CT molecular complexity index is 792. The predicted octanol–water partition coefficient (Wildman–Crippen LogP) is 3.24. The first-order chi connectivity index (χ1) is 11.3. The molecule has 3 rings (SSSR count). The fourth-order valence-corrected chi connectivity index (χ4v) is 3.43. The number of benzene rings is 1. The highest BCUT2D eigenvalue weighted by Gasteiger charge is 2.36. The Morgan fingerprint density at radius 2 is 2.08 bits per heavy atom. The quantitative estimate of drug-likeness (QED) is 0.924. The van der Waals surface area contributed by atoms with Crippen molar-refractivity contribution in [2.24, 2.45) is 5.92 Å². The van der Waals surface area contributed by atoms with Crippen LogP contribution in [0.1, 0.15) is 23.3 Å². The first-order valence-corrected chi connectivity index (χ1v) is 8.04. The van der Waals surface area contributed by atoms with Gasteiger partial charge in [-0.05, 0) is 38.0 Å². The summed E-state index contributed by atoms with van der Waals surface area (Å²) in [6, 6.07) is 5.43. The topological polar surface area (TPSA) is 75.4 Å². The van der Waals surface area contributed by atoms with Gasteiger partial charge >= 0.3 is 0 Å². The molecule has 1 atom stereocenters. The van der Waals surface area contributed by atoms with Gasteiger partial charge in [0.2, 0.25) is 11.8 Å². The summed E-state index contributed by atoms with van der Waals surface area (Å²) in [5.74, 6) is 0.149. The van der Waals surface area contributed by atoms with Gasteiger partial charge in [0.15, 0.2) is 5.82 Å². The van der Waals surface area contributed by atoms with Crippen molar-refractivity contribution in [3.8, 4) is 0 Å². The van der Waals surface area contributed by atoms with Gasteiger partial charge in [0.25, 0.3) is 0 Å². The molecular weight excluding hydrogens is 330 g/mol. The van der Waals surface area contributed by atoms with Crippen molar-refractivity contribution in [3.63, 3.8) is 0 Å². The lowest BCUT2D eigenvalue weighted by Crippen LogP contribution is -2.29. The summed E-state index contributed by atoms with van der Waals surface area (Å²) in [4.78, 5) is 26.3. The summed E-state index contributed by atoms with van der Waals surface area (Å²) in [6.45, 7) is 5.90. The molecule has 0 saturated carbocycles. The molecule has 1 aromatic carbocycles. The first kappa shape index (κ1) is 16.5. The minimum absolute atomic E-state index is 0.111. The molecule has 0 bridgehead atoms. The molecular formula is C17H18ClN3O3. The van der Waals surface area contributed by atoms with E-state index in [1.165, 1.54) is 0 Å². The van der Waals surface area contributed by atoms with Crippen molar-refractivity contribution in [2.45, 2.75) is 27.2 Å². The molecule has 2 heterocycles. The van der Waals surface area contributed by atoms with Gasteiger partial charge in [0.05, 0.1) is 16.6 Å². The highest BCUT2D eigenvalue weighted by molar-refractivity contribution is 6.34. The second-order valence-electron chi connectivity index (χ2n) is 6.13. The SMILES string of the molecule is Cc1cc(C)c(N2CC(C(=O)Nc3cc(C)on3)CC2=O)c(Cl)c1. The number of hydrogen-bond acceptors (Lipinski definition) is 4. The third-order valence-corrected chi connectivity index (χ3v) is 4.33. The molecule has 126 valence electrons. The van der Waals surface area contributed by atoms with Crippen molar-refractivity contribution in [3.05, 3.63) is 40.1 Å². The summed E-state index contributed by atoms with van der Waals surface area (Å²) < 4.78 is 4.92. The number of carbonyl (C=O) groups excluding carboxylic acids is 2. The number of nitrogens with one attached hydrogen (secondary N) is 1. The lowest BCUT2D eigenvalue weighted by Gasteiger charge is -2.21. The van der Waals surface area contributed by atoms with E-state index in [0.29, 0.717) is 28.8 Å². The van der Waals surface area contributed by atoms with Gasteiger partial charge in [-0.1, -0.05) is 22.8 Å². The Hall–Kier alpha value is -2.34. The van der Waals surface area contributed by atoms with Crippen molar-refractivity contribution in [1.82, 2.24) is 5.16 Å². The average molecular weight is 348 g/mol. The molecule has 6 nitrogen and oxygen atoms in total. The van der Waals surface area contributed by atoms with Crippen molar-refractivity contribution >= 4 is 34.9 Å². The zero-order valence-electron chi connectivity index (χ0n) is 13.7. The average Bonchev–Trinajstić information content (AvgIpc) is 3.05. The monoisotopic (exact) mass is 347 g/mol. The van der Waals surface area contributed by atoms with Crippen LogP contribution in [0.25, 0.3) is 0 Å². The Kier molecular flexibility index (Phi) is 4.32. The van der Waals surface area contributed by atoms with Gasteiger partial charge in [0, 0.05) is 19.0 Å². The lowest BCUT2D eigenvalue weighted by molar-refractivity contribution is -0.122. The molecule has 1 aliphatic rings. The number of anilines is 2. The summed E-state index contributed by atoms with van der Waals surface area (Å²) in [7, 11) is 0. The highest BCUT2D eigenvalue weighted by Crippen LogP contribution is 2.35. The minimum atomic E-state index is -0.453. The molecule has 1 N–H and O–H groups in total. The van der Waals surface area contributed by atoms with E-state index in [2.05, 4.69) is 10.5 Å². The predicted molar refractivity (Wildman–Crippen MR) is 91.3 cm³/mol. The number of aromatic nitrogens is 1. The number of nitrogens with zero attached hydrogens (tertiary/aromatic N) is 2. The molecule has 1 saturated heterocycles. The van der Waals surface area contributed by atoms with Crippen LogP contribution in [0.3, 0.4) is 0 Å². The van der Waals surface area contributed by atoms with Crippen LogP contribution < -0.4 is 10.2 Å². The fraction of sp³-hybridized carbons (Fsp3) is 0.353. The zero-order chi connectivity index (χ0) is 17.4. The number of rotatable bonds is 3. The largest absolute Gasteiger partial charge is 0.360 e. The summed E-state index contributed by atoms with van der Waals surface area (Å²) >= 11 is 6.32.